The van der Waals surface area contributed by atoms with Crippen molar-refractivity contribution in [2.24, 2.45) is 0 Å². The number of carboxylic acid groups (broad SMARTS) is 1. The zero-order chi connectivity index (χ0) is 15.4. The molecule has 6 heteroatoms. The third-order valence-corrected chi connectivity index (χ3v) is 3.79. The van der Waals surface area contributed by atoms with Crippen LogP contribution in [0.1, 0.15) is 21.5 Å². The smallest absolute Gasteiger partial charge is 0.336 e. The Balaban J connectivity index is 2.15. The van der Waals surface area contributed by atoms with Gasteiger partial charge in [0, 0.05) is 15.1 Å². The lowest BCUT2D eigenvalue weighted by Crippen LogP contribution is -2.01. The first-order valence-electron chi connectivity index (χ1n) is 5.85. The summed E-state index contributed by atoms with van der Waals surface area (Å²) in [7, 11) is 0. The van der Waals surface area contributed by atoms with Crippen LogP contribution in [-0.2, 0) is 6.61 Å². The molecule has 0 spiro atoms. The van der Waals surface area contributed by atoms with E-state index in [9.17, 15) is 4.79 Å². The number of ether oxygens (including phenoxy) is 1. The summed E-state index contributed by atoms with van der Waals surface area (Å²) in [6.45, 7) is 0.186. The summed E-state index contributed by atoms with van der Waals surface area (Å²) >= 11 is 9.22. The summed E-state index contributed by atoms with van der Waals surface area (Å²) in [6, 6.07) is 11.6. The summed E-state index contributed by atoms with van der Waals surface area (Å²) < 4.78 is 6.03. The Bertz CT molecular complexity index is 740. The van der Waals surface area contributed by atoms with Crippen LogP contribution < -0.4 is 4.74 Å². The van der Waals surface area contributed by atoms with Gasteiger partial charge in [0.25, 0.3) is 0 Å². The van der Waals surface area contributed by atoms with Crippen molar-refractivity contribution in [3.63, 3.8) is 0 Å². The van der Waals surface area contributed by atoms with Gasteiger partial charge in [-0.15, -0.1) is 0 Å². The highest BCUT2D eigenvalue weighted by Gasteiger charge is 2.10. The van der Waals surface area contributed by atoms with Gasteiger partial charge in [0.05, 0.1) is 17.2 Å². The number of hydrogen-bond donors (Lipinski definition) is 1. The fourth-order valence-corrected chi connectivity index (χ4v) is 2.30. The van der Waals surface area contributed by atoms with Crippen molar-refractivity contribution in [2.75, 3.05) is 0 Å². The van der Waals surface area contributed by atoms with Crippen molar-refractivity contribution >= 4 is 33.5 Å². The van der Waals surface area contributed by atoms with E-state index in [0.717, 1.165) is 5.56 Å². The molecule has 0 aliphatic rings. The van der Waals surface area contributed by atoms with E-state index in [1.165, 1.54) is 6.07 Å². The van der Waals surface area contributed by atoms with Gasteiger partial charge in [0.15, 0.2) is 0 Å². The molecular weight excluding hydrogens is 358 g/mol. The summed E-state index contributed by atoms with van der Waals surface area (Å²) in [5.41, 5.74) is 1.31. The Kier molecular flexibility index (Phi) is 4.84. The molecule has 0 radical (unpaired) electrons. The molecule has 2 aromatic carbocycles. The molecule has 0 unspecified atom stereocenters. The van der Waals surface area contributed by atoms with E-state index in [4.69, 9.17) is 26.7 Å². The predicted octanol–water partition coefficient (Wildman–Crippen LogP) is 4.25. The molecule has 0 saturated heterocycles. The van der Waals surface area contributed by atoms with Crippen molar-refractivity contribution in [2.45, 2.75) is 6.61 Å². The monoisotopic (exact) mass is 365 g/mol. The van der Waals surface area contributed by atoms with Gasteiger partial charge in [-0.25, -0.2) is 4.79 Å². The maximum atomic E-state index is 11.0. The molecule has 4 nitrogen and oxygen atoms in total. The minimum atomic E-state index is -1.04. The minimum Gasteiger partial charge on any atom is -0.489 e. The van der Waals surface area contributed by atoms with Crippen LogP contribution in [0, 0.1) is 11.3 Å². The van der Waals surface area contributed by atoms with E-state index in [1.54, 1.807) is 30.3 Å². The van der Waals surface area contributed by atoms with Gasteiger partial charge < -0.3 is 9.84 Å². The Hall–Kier alpha value is -2.03. The number of carbonyl (C=O) groups is 1. The molecule has 0 fully saturated rings. The summed E-state index contributed by atoms with van der Waals surface area (Å²) in [4.78, 5) is 11.0. The topological polar surface area (TPSA) is 70.3 Å². The quantitative estimate of drug-likeness (QED) is 0.878. The van der Waals surface area contributed by atoms with Crippen LogP contribution in [-0.4, -0.2) is 11.1 Å². The first-order valence-corrected chi connectivity index (χ1v) is 7.02. The van der Waals surface area contributed by atoms with Crippen molar-refractivity contribution < 1.29 is 14.6 Å². The van der Waals surface area contributed by atoms with E-state index >= 15 is 0 Å². The highest BCUT2D eigenvalue weighted by molar-refractivity contribution is 9.10. The lowest BCUT2D eigenvalue weighted by Gasteiger charge is -2.09. The number of rotatable bonds is 4. The molecule has 106 valence electrons. The zero-order valence-electron chi connectivity index (χ0n) is 10.6. The van der Waals surface area contributed by atoms with E-state index in [0.29, 0.717) is 20.8 Å². The predicted molar refractivity (Wildman–Crippen MR) is 81.6 cm³/mol. The standard InChI is InChI=1S/C15H9BrClNO3/c16-13-4-3-11(6-12(13)15(19)20)21-8-10-2-1-9(7-18)5-14(10)17/h1-6H,8H2,(H,19,20). The van der Waals surface area contributed by atoms with Gasteiger partial charge in [-0.2, -0.15) is 5.26 Å². The molecule has 0 bridgehead atoms. The number of nitrogens with zero attached hydrogens (tertiary/aromatic N) is 1. The average Bonchev–Trinajstić information content (AvgIpc) is 2.47. The van der Waals surface area contributed by atoms with Crippen LogP contribution in [0.4, 0.5) is 0 Å². The van der Waals surface area contributed by atoms with Gasteiger partial charge >= 0.3 is 5.97 Å². The maximum absolute atomic E-state index is 11.0. The fourth-order valence-electron chi connectivity index (χ4n) is 1.65. The number of aromatic carboxylic acids is 1. The lowest BCUT2D eigenvalue weighted by molar-refractivity contribution is 0.0695. The van der Waals surface area contributed by atoms with Crippen molar-refractivity contribution in [1.29, 1.82) is 5.26 Å². The summed E-state index contributed by atoms with van der Waals surface area (Å²) in [5.74, 6) is -0.611. The van der Waals surface area contributed by atoms with Crippen LogP contribution in [0.3, 0.4) is 0 Å². The van der Waals surface area contributed by atoms with Gasteiger partial charge in [0.1, 0.15) is 12.4 Å². The average molecular weight is 367 g/mol. The van der Waals surface area contributed by atoms with Crippen molar-refractivity contribution in [3.8, 4) is 11.8 Å². The molecule has 21 heavy (non-hydrogen) atoms. The van der Waals surface area contributed by atoms with Gasteiger partial charge in [-0.1, -0.05) is 17.7 Å². The summed E-state index contributed by atoms with van der Waals surface area (Å²) in [5, 5.41) is 18.2. The zero-order valence-corrected chi connectivity index (χ0v) is 13.0. The molecule has 0 saturated carbocycles. The van der Waals surface area contributed by atoms with E-state index in [2.05, 4.69) is 15.9 Å². The SMILES string of the molecule is N#Cc1ccc(COc2ccc(Br)c(C(=O)O)c2)c(Cl)c1. The van der Waals surface area contributed by atoms with Crippen LogP contribution in [0.15, 0.2) is 40.9 Å². The maximum Gasteiger partial charge on any atom is 0.336 e. The molecule has 0 atom stereocenters. The molecule has 0 amide bonds. The van der Waals surface area contributed by atoms with Crippen LogP contribution in [0.5, 0.6) is 5.75 Å². The Morgan fingerprint density at radius 1 is 1.33 bits per heavy atom. The third kappa shape index (κ3) is 3.75. The first kappa shape index (κ1) is 15.4. The Labute approximate surface area is 134 Å². The second-order valence-electron chi connectivity index (χ2n) is 4.15. The van der Waals surface area contributed by atoms with Gasteiger partial charge in [-0.05, 0) is 46.3 Å². The van der Waals surface area contributed by atoms with Gasteiger partial charge in [0.2, 0.25) is 0 Å². The molecule has 0 heterocycles. The largest absolute Gasteiger partial charge is 0.489 e. The summed E-state index contributed by atoms with van der Waals surface area (Å²) in [6.07, 6.45) is 0. The Morgan fingerprint density at radius 3 is 2.71 bits per heavy atom. The van der Waals surface area contributed by atoms with Crippen molar-refractivity contribution in [3.05, 3.63) is 62.6 Å². The third-order valence-electron chi connectivity index (χ3n) is 2.74. The number of halogens is 2. The molecule has 0 aliphatic heterocycles. The molecule has 0 aliphatic carbocycles. The molecular formula is C15H9BrClNO3. The first-order chi connectivity index (χ1) is 10.0. The van der Waals surface area contributed by atoms with Gasteiger partial charge in [-0.3, -0.25) is 0 Å². The molecule has 2 rings (SSSR count). The van der Waals surface area contributed by atoms with E-state index in [1.807, 2.05) is 6.07 Å². The van der Waals surface area contributed by atoms with E-state index in [-0.39, 0.29) is 12.2 Å². The lowest BCUT2D eigenvalue weighted by atomic mass is 10.1. The second-order valence-corrected chi connectivity index (χ2v) is 5.42. The number of nitriles is 1. The number of hydrogen-bond acceptors (Lipinski definition) is 3. The minimum absolute atomic E-state index is 0.124. The molecule has 0 aromatic heterocycles. The van der Waals surface area contributed by atoms with Crippen LogP contribution >= 0.6 is 27.5 Å². The second kappa shape index (κ2) is 6.61. The highest BCUT2D eigenvalue weighted by atomic mass is 79.9. The van der Waals surface area contributed by atoms with Crippen LogP contribution in [0.25, 0.3) is 0 Å². The van der Waals surface area contributed by atoms with Crippen LogP contribution in [0.2, 0.25) is 5.02 Å². The number of benzene rings is 2. The Morgan fingerprint density at radius 2 is 2.10 bits per heavy atom. The highest BCUT2D eigenvalue weighted by Crippen LogP contribution is 2.24. The fraction of sp³-hybridized carbons (Fsp3) is 0.0667. The number of carboxylic acids is 1. The van der Waals surface area contributed by atoms with E-state index < -0.39 is 5.97 Å². The molecule has 2 aromatic rings. The van der Waals surface area contributed by atoms with Crippen molar-refractivity contribution in [1.82, 2.24) is 0 Å². The molecule has 1 N–H and O–H groups in total. The normalized spacial score (nSPS) is 9.95.